The fourth-order valence-corrected chi connectivity index (χ4v) is 2.60. The van der Waals surface area contributed by atoms with Crippen molar-refractivity contribution < 1.29 is 19.1 Å². The van der Waals surface area contributed by atoms with Gasteiger partial charge in [-0.25, -0.2) is 0 Å². The highest BCUT2D eigenvalue weighted by molar-refractivity contribution is 5.96. The molecule has 0 radical (unpaired) electrons. The molecule has 2 aromatic carbocycles. The Labute approximate surface area is 169 Å². The summed E-state index contributed by atoms with van der Waals surface area (Å²) in [4.78, 5) is 27.8. The van der Waals surface area contributed by atoms with E-state index in [9.17, 15) is 9.59 Å². The number of carbonyl (C=O) groups excluding carboxylic acids is 2. The minimum absolute atomic E-state index is 0.0694. The molecule has 0 saturated carbocycles. The smallest absolute Gasteiger partial charge is 0.262 e. The summed E-state index contributed by atoms with van der Waals surface area (Å²) in [5.74, 6) is 0.952. The van der Waals surface area contributed by atoms with Crippen LogP contribution >= 0.6 is 0 Å². The molecule has 0 atom stereocenters. The second-order valence-corrected chi connectivity index (χ2v) is 6.32. The SMILES string of the molecule is CCC(=O)c1ccc(OCC(=O)Nc2cccc(OCc3cccnc3)c2)cc1. The van der Waals surface area contributed by atoms with Gasteiger partial charge in [0.2, 0.25) is 0 Å². The van der Waals surface area contributed by atoms with E-state index in [-0.39, 0.29) is 18.3 Å². The van der Waals surface area contributed by atoms with Gasteiger partial charge >= 0.3 is 0 Å². The average Bonchev–Trinajstić information content (AvgIpc) is 2.77. The fourth-order valence-electron chi connectivity index (χ4n) is 2.60. The first kappa shape index (κ1) is 20.1. The number of ether oxygens (including phenoxy) is 2. The van der Waals surface area contributed by atoms with Gasteiger partial charge in [-0.2, -0.15) is 0 Å². The zero-order valence-electron chi connectivity index (χ0n) is 16.1. The number of aromatic nitrogens is 1. The number of benzene rings is 2. The molecule has 0 saturated heterocycles. The average molecular weight is 390 g/mol. The molecule has 0 spiro atoms. The Morgan fingerprint density at radius 2 is 1.79 bits per heavy atom. The first-order chi connectivity index (χ1) is 14.1. The molecule has 3 aromatic rings. The maximum absolute atomic E-state index is 12.2. The van der Waals surface area contributed by atoms with Crippen LogP contribution in [-0.4, -0.2) is 23.3 Å². The molecule has 0 aliphatic heterocycles. The van der Waals surface area contributed by atoms with Crippen molar-refractivity contribution >= 4 is 17.4 Å². The number of Topliss-reactive ketones (excluding diaryl/α,β-unsaturated/α-hetero) is 1. The minimum Gasteiger partial charge on any atom is -0.489 e. The second kappa shape index (κ2) is 10.0. The third-order valence-electron chi connectivity index (χ3n) is 4.11. The Balaban J connectivity index is 1.49. The topological polar surface area (TPSA) is 77.5 Å². The van der Waals surface area contributed by atoms with E-state index in [4.69, 9.17) is 9.47 Å². The van der Waals surface area contributed by atoms with Gasteiger partial charge in [0.05, 0.1) is 0 Å². The van der Waals surface area contributed by atoms with Crippen LogP contribution in [0.3, 0.4) is 0 Å². The first-order valence-electron chi connectivity index (χ1n) is 9.31. The lowest BCUT2D eigenvalue weighted by atomic mass is 10.1. The van der Waals surface area contributed by atoms with Crippen LogP contribution in [0, 0.1) is 0 Å². The number of carbonyl (C=O) groups is 2. The Morgan fingerprint density at radius 1 is 0.966 bits per heavy atom. The highest BCUT2D eigenvalue weighted by Crippen LogP contribution is 2.19. The summed E-state index contributed by atoms with van der Waals surface area (Å²) in [6.45, 7) is 2.07. The normalized spacial score (nSPS) is 10.2. The molecule has 1 heterocycles. The van der Waals surface area contributed by atoms with Crippen molar-refractivity contribution in [3.8, 4) is 11.5 Å². The van der Waals surface area contributed by atoms with Crippen LogP contribution in [0.4, 0.5) is 5.69 Å². The van der Waals surface area contributed by atoms with E-state index in [1.54, 1.807) is 54.9 Å². The molecule has 0 fully saturated rings. The van der Waals surface area contributed by atoms with Crippen LogP contribution < -0.4 is 14.8 Å². The van der Waals surface area contributed by atoms with Crippen molar-refractivity contribution in [2.24, 2.45) is 0 Å². The molecular formula is C23H22N2O4. The van der Waals surface area contributed by atoms with E-state index in [0.717, 1.165) is 5.56 Å². The number of nitrogens with zero attached hydrogens (tertiary/aromatic N) is 1. The molecule has 1 amide bonds. The molecular weight excluding hydrogens is 368 g/mol. The number of hydrogen-bond acceptors (Lipinski definition) is 5. The highest BCUT2D eigenvalue weighted by atomic mass is 16.5. The summed E-state index contributed by atoms with van der Waals surface area (Å²) in [6.07, 6.45) is 3.90. The van der Waals surface area contributed by atoms with Crippen molar-refractivity contribution in [2.75, 3.05) is 11.9 Å². The van der Waals surface area contributed by atoms with Gasteiger partial charge in [0.15, 0.2) is 12.4 Å². The number of pyridine rings is 1. The number of amides is 1. The third-order valence-corrected chi connectivity index (χ3v) is 4.11. The Bertz CT molecular complexity index is 956. The summed E-state index contributed by atoms with van der Waals surface area (Å²) >= 11 is 0. The lowest BCUT2D eigenvalue weighted by Crippen LogP contribution is -2.20. The van der Waals surface area contributed by atoms with Gasteiger partial charge < -0.3 is 14.8 Å². The number of nitrogens with one attached hydrogen (secondary N) is 1. The number of ketones is 1. The van der Waals surface area contributed by atoms with Crippen molar-refractivity contribution in [3.63, 3.8) is 0 Å². The van der Waals surface area contributed by atoms with Crippen LogP contribution in [-0.2, 0) is 11.4 Å². The summed E-state index contributed by atoms with van der Waals surface area (Å²) in [5.41, 5.74) is 2.21. The van der Waals surface area contributed by atoms with Crippen molar-refractivity contribution in [1.29, 1.82) is 0 Å². The Morgan fingerprint density at radius 3 is 2.52 bits per heavy atom. The second-order valence-electron chi connectivity index (χ2n) is 6.32. The zero-order valence-corrected chi connectivity index (χ0v) is 16.1. The van der Waals surface area contributed by atoms with E-state index in [1.165, 1.54) is 0 Å². The van der Waals surface area contributed by atoms with Crippen LogP contribution in [0.25, 0.3) is 0 Å². The summed E-state index contributed by atoms with van der Waals surface area (Å²) in [7, 11) is 0. The van der Waals surface area contributed by atoms with Gasteiger partial charge in [-0.15, -0.1) is 0 Å². The monoisotopic (exact) mass is 390 g/mol. The van der Waals surface area contributed by atoms with Crippen LogP contribution in [0.5, 0.6) is 11.5 Å². The molecule has 1 aromatic heterocycles. The van der Waals surface area contributed by atoms with Gasteiger partial charge in [-0.1, -0.05) is 19.1 Å². The molecule has 0 unspecified atom stereocenters. The van der Waals surface area contributed by atoms with E-state index in [0.29, 0.717) is 35.8 Å². The van der Waals surface area contributed by atoms with Gasteiger partial charge in [-0.05, 0) is 42.5 Å². The summed E-state index contributed by atoms with van der Waals surface area (Å²) in [6, 6.07) is 17.7. The van der Waals surface area contributed by atoms with Gasteiger partial charge in [0, 0.05) is 41.7 Å². The molecule has 6 heteroatoms. The zero-order chi connectivity index (χ0) is 20.5. The molecule has 148 valence electrons. The maximum atomic E-state index is 12.2. The number of rotatable bonds is 9. The summed E-state index contributed by atoms with van der Waals surface area (Å²) < 4.78 is 11.2. The molecule has 0 bridgehead atoms. The molecule has 6 nitrogen and oxygen atoms in total. The predicted octanol–water partition coefficient (Wildman–Crippen LogP) is 4.27. The fraction of sp³-hybridized carbons (Fsp3) is 0.174. The van der Waals surface area contributed by atoms with Crippen molar-refractivity contribution in [1.82, 2.24) is 4.98 Å². The van der Waals surface area contributed by atoms with Gasteiger partial charge in [0.25, 0.3) is 5.91 Å². The first-order valence-corrected chi connectivity index (χ1v) is 9.31. The summed E-state index contributed by atoms with van der Waals surface area (Å²) in [5, 5.41) is 2.78. The minimum atomic E-state index is -0.289. The lowest BCUT2D eigenvalue weighted by Gasteiger charge is -2.10. The van der Waals surface area contributed by atoms with Crippen LogP contribution in [0.1, 0.15) is 29.3 Å². The number of hydrogen-bond donors (Lipinski definition) is 1. The van der Waals surface area contributed by atoms with Crippen molar-refractivity contribution in [2.45, 2.75) is 20.0 Å². The van der Waals surface area contributed by atoms with E-state index >= 15 is 0 Å². The van der Waals surface area contributed by atoms with Crippen LogP contribution in [0.15, 0.2) is 73.1 Å². The lowest BCUT2D eigenvalue weighted by molar-refractivity contribution is -0.118. The molecule has 3 rings (SSSR count). The number of anilines is 1. The molecule has 1 N–H and O–H groups in total. The molecule has 29 heavy (non-hydrogen) atoms. The van der Waals surface area contributed by atoms with Crippen molar-refractivity contribution in [3.05, 3.63) is 84.2 Å². The third kappa shape index (κ3) is 6.17. The maximum Gasteiger partial charge on any atom is 0.262 e. The standard InChI is InChI=1S/C23H22N2O4/c1-2-22(26)18-8-10-20(11-9-18)29-16-23(27)25-19-6-3-7-21(13-19)28-15-17-5-4-12-24-14-17/h3-14H,2,15-16H2,1H3,(H,25,27). The largest absolute Gasteiger partial charge is 0.489 e. The van der Waals surface area contributed by atoms with E-state index in [2.05, 4.69) is 10.3 Å². The van der Waals surface area contributed by atoms with E-state index in [1.807, 2.05) is 25.1 Å². The predicted molar refractivity (Wildman–Crippen MR) is 110 cm³/mol. The van der Waals surface area contributed by atoms with Gasteiger partial charge in [0.1, 0.15) is 18.1 Å². The Kier molecular flexibility index (Phi) is 6.95. The van der Waals surface area contributed by atoms with Crippen LogP contribution in [0.2, 0.25) is 0 Å². The molecule has 0 aliphatic rings. The van der Waals surface area contributed by atoms with E-state index < -0.39 is 0 Å². The van der Waals surface area contributed by atoms with Gasteiger partial charge in [-0.3, -0.25) is 14.6 Å². The Hall–Kier alpha value is -3.67. The molecule has 0 aliphatic carbocycles. The quantitative estimate of drug-likeness (QED) is 0.552. The highest BCUT2D eigenvalue weighted by Gasteiger charge is 2.07.